The third-order valence-corrected chi connectivity index (χ3v) is 7.45. The van der Waals surface area contributed by atoms with Crippen LogP contribution < -0.4 is 0 Å². The number of hydrogen-bond acceptors (Lipinski definition) is 4. The first-order valence-electron chi connectivity index (χ1n) is 9.90. The van der Waals surface area contributed by atoms with Crippen molar-refractivity contribution < 1.29 is 14.6 Å². The Bertz CT molecular complexity index is 431. The Balaban J connectivity index is 1.41. The fraction of sp³-hybridized carbons (Fsp3) is 1.00. The Morgan fingerprint density at radius 2 is 1.88 bits per heavy atom. The van der Waals surface area contributed by atoms with Gasteiger partial charge in [0.1, 0.15) is 0 Å². The van der Waals surface area contributed by atoms with Crippen LogP contribution in [0.1, 0.15) is 60.3 Å². The van der Waals surface area contributed by atoms with E-state index in [9.17, 15) is 5.11 Å². The normalized spacial score (nSPS) is 43.2. The number of ether oxygens (including phenoxy) is 2. The van der Waals surface area contributed by atoms with E-state index in [1.807, 2.05) is 0 Å². The molecule has 140 valence electrons. The highest BCUT2D eigenvalue weighted by Crippen LogP contribution is 2.66. The maximum Gasteiger partial charge on any atom is 0.0689 e. The summed E-state index contributed by atoms with van der Waals surface area (Å²) in [6.45, 7) is 14.7. The SMILES string of the molecule is C[C@H]1CN(C[C@H](O)CCO[C@@H]2C[C@@H]3CC[C@]2(C)C3(C)C)C[C@H](C)O1. The zero-order valence-electron chi connectivity index (χ0n) is 16.3. The lowest BCUT2D eigenvalue weighted by Gasteiger charge is -2.39. The van der Waals surface area contributed by atoms with E-state index in [4.69, 9.17) is 9.47 Å². The Hall–Kier alpha value is -0.160. The van der Waals surface area contributed by atoms with Crippen molar-refractivity contribution in [3.8, 4) is 0 Å². The third kappa shape index (κ3) is 3.40. The minimum atomic E-state index is -0.304. The van der Waals surface area contributed by atoms with Crippen molar-refractivity contribution in [1.82, 2.24) is 4.90 Å². The van der Waals surface area contributed by atoms with Gasteiger partial charge in [0.25, 0.3) is 0 Å². The van der Waals surface area contributed by atoms with Crippen LogP contribution in [0.5, 0.6) is 0 Å². The number of rotatable bonds is 6. The van der Waals surface area contributed by atoms with Crippen LogP contribution in [0.25, 0.3) is 0 Å². The van der Waals surface area contributed by atoms with E-state index in [2.05, 4.69) is 39.5 Å². The predicted molar refractivity (Wildman–Crippen MR) is 96.0 cm³/mol. The number of morpholine rings is 1. The van der Waals surface area contributed by atoms with Gasteiger partial charge in [0, 0.05) is 26.2 Å². The van der Waals surface area contributed by atoms with E-state index < -0.39 is 0 Å². The molecule has 0 unspecified atom stereocenters. The van der Waals surface area contributed by atoms with Crippen molar-refractivity contribution >= 4 is 0 Å². The van der Waals surface area contributed by atoms with E-state index in [-0.39, 0.29) is 18.3 Å². The van der Waals surface area contributed by atoms with Crippen molar-refractivity contribution in [2.24, 2.45) is 16.7 Å². The summed E-state index contributed by atoms with van der Waals surface area (Å²) in [5, 5.41) is 10.4. The van der Waals surface area contributed by atoms with Crippen molar-refractivity contribution in [2.45, 2.75) is 84.7 Å². The minimum absolute atomic E-state index is 0.258. The lowest BCUT2D eigenvalue weighted by molar-refractivity contribution is -0.0825. The molecule has 3 rings (SSSR count). The number of fused-ring (bicyclic) bond motifs is 2. The lowest BCUT2D eigenvalue weighted by Crippen LogP contribution is -2.48. The molecule has 0 aromatic rings. The third-order valence-electron chi connectivity index (χ3n) is 7.45. The van der Waals surface area contributed by atoms with Crippen LogP contribution in [0.3, 0.4) is 0 Å². The Labute approximate surface area is 147 Å². The summed E-state index contributed by atoms with van der Waals surface area (Å²) in [4.78, 5) is 2.32. The Morgan fingerprint density at radius 3 is 2.42 bits per heavy atom. The highest BCUT2D eigenvalue weighted by Gasteiger charge is 2.61. The molecule has 3 aliphatic rings. The molecule has 0 aromatic heterocycles. The van der Waals surface area contributed by atoms with Gasteiger partial charge in [-0.25, -0.2) is 0 Å². The maximum absolute atomic E-state index is 10.4. The minimum Gasteiger partial charge on any atom is -0.392 e. The molecule has 0 aromatic carbocycles. The summed E-state index contributed by atoms with van der Waals surface area (Å²) >= 11 is 0. The fourth-order valence-corrected chi connectivity index (χ4v) is 5.55. The first-order chi connectivity index (χ1) is 11.2. The molecule has 2 bridgehead atoms. The average molecular weight is 340 g/mol. The van der Waals surface area contributed by atoms with E-state index in [0.29, 0.717) is 23.5 Å². The van der Waals surface area contributed by atoms with Gasteiger partial charge < -0.3 is 14.6 Å². The van der Waals surface area contributed by atoms with Crippen molar-refractivity contribution in [3.63, 3.8) is 0 Å². The molecule has 4 heteroatoms. The van der Waals surface area contributed by atoms with Gasteiger partial charge in [0.15, 0.2) is 0 Å². The molecule has 0 amide bonds. The second-order valence-electron chi connectivity index (χ2n) is 9.39. The van der Waals surface area contributed by atoms with Gasteiger partial charge in [-0.3, -0.25) is 4.90 Å². The number of aliphatic hydroxyl groups is 1. The second kappa shape index (κ2) is 6.86. The van der Waals surface area contributed by atoms with Crippen molar-refractivity contribution in [1.29, 1.82) is 0 Å². The molecular weight excluding hydrogens is 302 g/mol. The molecule has 2 aliphatic carbocycles. The summed E-state index contributed by atoms with van der Waals surface area (Å²) in [6, 6.07) is 0. The highest BCUT2D eigenvalue weighted by atomic mass is 16.5. The van der Waals surface area contributed by atoms with Gasteiger partial charge in [0.2, 0.25) is 0 Å². The average Bonchev–Trinajstić information content (AvgIpc) is 2.79. The van der Waals surface area contributed by atoms with Crippen LogP contribution in [0.4, 0.5) is 0 Å². The van der Waals surface area contributed by atoms with Gasteiger partial charge in [-0.05, 0) is 56.3 Å². The van der Waals surface area contributed by atoms with Crippen LogP contribution in [-0.2, 0) is 9.47 Å². The molecule has 24 heavy (non-hydrogen) atoms. The number of β-amino-alcohol motifs (C(OH)–C–C–N with tert-alkyl or cyclic N) is 1. The number of aliphatic hydroxyl groups excluding tert-OH is 1. The summed E-state index contributed by atoms with van der Waals surface area (Å²) in [7, 11) is 0. The van der Waals surface area contributed by atoms with Gasteiger partial charge in [-0.2, -0.15) is 0 Å². The summed E-state index contributed by atoms with van der Waals surface area (Å²) < 4.78 is 12.0. The molecule has 1 aliphatic heterocycles. The van der Waals surface area contributed by atoms with E-state index in [1.54, 1.807) is 0 Å². The fourth-order valence-electron chi connectivity index (χ4n) is 5.55. The molecule has 2 saturated carbocycles. The first-order valence-corrected chi connectivity index (χ1v) is 9.90. The van der Waals surface area contributed by atoms with Gasteiger partial charge >= 0.3 is 0 Å². The van der Waals surface area contributed by atoms with Crippen LogP contribution in [-0.4, -0.2) is 60.7 Å². The molecule has 1 heterocycles. The molecular formula is C20H37NO3. The Kier molecular flexibility index (Phi) is 5.33. The van der Waals surface area contributed by atoms with Crippen molar-refractivity contribution in [2.75, 3.05) is 26.2 Å². The van der Waals surface area contributed by atoms with Gasteiger partial charge in [-0.1, -0.05) is 20.8 Å². The lowest BCUT2D eigenvalue weighted by atomic mass is 9.70. The zero-order chi connectivity index (χ0) is 17.5. The summed E-state index contributed by atoms with van der Waals surface area (Å²) in [5.74, 6) is 0.814. The molecule has 6 atom stereocenters. The smallest absolute Gasteiger partial charge is 0.0689 e. The van der Waals surface area contributed by atoms with E-state index in [0.717, 1.165) is 32.0 Å². The molecule has 3 fully saturated rings. The van der Waals surface area contributed by atoms with Crippen LogP contribution in [0.15, 0.2) is 0 Å². The number of hydrogen-bond donors (Lipinski definition) is 1. The van der Waals surface area contributed by atoms with Crippen LogP contribution in [0, 0.1) is 16.7 Å². The molecule has 1 N–H and O–H groups in total. The van der Waals surface area contributed by atoms with E-state index >= 15 is 0 Å². The topological polar surface area (TPSA) is 41.9 Å². The Morgan fingerprint density at radius 1 is 1.21 bits per heavy atom. The number of nitrogens with zero attached hydrogens (tertiary/aromatic N) is 1. The highest BCUT2D eigenvalue weighted by molar-refractivity contribution is 5.11. The van der Waals surface area contributed by atoms with Gasteiger partial charge in [-0.15, -0.1) is 0 Å². The second-order valence-corrected chi connectivity index (χ2v) is 9.39. The standard InChI is InChI=1S/C20H37NO3/c1-14-11-21(12-15(2)24-14)13-17(22)7-9-23-18-10-16-6-8-20(18,5)19(16,3)4/h14-18,22H,6-13H2,1-5H3/t14-,15-,16-,17+,18+,20-/m0/s1. The zero-order valence-corrected chi connectivity index (χ0v) is 16.3. The molecule has 1 saturated heterocycles. The van der Waals surface area contributed by atoms with Gasteiger partial charge in [0.05, 0.1) is 24.4 Å². The summed E-state index contributed by atoms with van der Waals surface area (Å²) in [6.07, 6.45) is 5.18. The summed E-state index contributed by atoms with van der Waals surface area (Å²) in [5.41, 5.74) is 0.716. The molecule has 4 nitrogen and oxygen atoms in total. The first kappa shape index (κ1) is 18.6. The molecule has 0 spiro atoms. The largest absolute Gasteiger partial charge is 0.392 e. The monoisotopic (exact) mass is 339 g/mol. The van der Waals surface area contributed by atoms with Crippen molar-refractivity contribution in [3.05, 3.63) is 0 Å². The van der Waals surface area contributed by atoms with E-state index in [1.165, 1.54) is 19.3 Å². The quantitative estimate of drug-likeness (QED) is 0.807. The predicted octanol–water partition coefficient (Wildman–Crippen LogP) is 3.08. The van der Waals surface area contributed by atoms with Crippen LogP contribution in [0.2, 0.25) is 0 Å². The molecule has 0 radical (unpaired) electrons. The maximum atomic E-state index is 10.4. The van der Waals surface area contributed by atoms with Crippen LogP contribution >= 0.6 is 0 Å².